The molecule has 6 heteroatoms. The van der Waals surface area contributed by atoms with Gasteiger partial charge >= 0.3 is 6.01 Å². The molecule has 1 aromatic heterocycles. The van der Waals surface area contributed by atoms with E-state index in [2.05, 4.69) is 26.8 Å². The molecule has 1 fully saturated rings. The predicted octanol–water partition coefficient (Wildman–Crippen LogP) is 1.48. The van der Waals surface area contributed by atoms with Gasteiger partial charge in [0.2, 0.25) is 11.9 Å². The monoisotopic (exact) mass is 251 g/mol. The zero-order valence-corrected chi connectivity index (χ0v) is 11.1. The Morgan fingerprint density at radius 3 is 2.83 bits per heavy atom. The van der Waals surface area contributed by atoms with Gasteiger partial charge in [0.05, 0.1) is 7.11 Å². The van der Waals surface area contributed by atoms with Crippen molar-refractivity contribution in [2.75, 3.05) is 30.8 Å². The van der Waals surface area contributed by atoms with E-state index in [0.29, 0.717) is 5.95 Å². The maximum Gasteiger partial charge on any atom is 0.322 e. The van der Waals surface area contributed by atoms with E-state index in [4.69, 9.17) is 10.5 Å². The maximum atomic E-state index is 5.67. The second-order valence-electron chi connectivity index (χ2n) is 4.67. The molecule has 0 saturated carbocycles. The van der Waals surface area contributed by atoms with Gasteiger partial charge in [0.1, 0.15) is 0 Å². The highest BCUT2D eigenvalue weighted by atomic mass is 16.5. The van der Waals surface area contributed by atoms with E-state index in [0.717, 1.165) is 19.0 Å². The Balaban J connectivity index is 2.13. The van der Waals surface area contributed by atoms with Gasteiger partial charge in [-0.05, 0) is 25.2 Å². The van der Waals surface area contributed by atoms with Crippen molar-refractivity contribution in [1.29, 1.82) is 0 Å². The Labute approximate surface area is 108 Å². The first kappa shape index (κ1) is 12.9. The van der Waals surface area contributed by atoms with Crippen molar-refractivity contribution in [1.82, 2.24) is 15.0 Å². The number of rotatable bonds is 3. The molecule has 1 unspecified atom stereocenters. The standard InChI is InChI=1S/C12H21N5O/c1-3-9-5-4-7-17(8-6-9)11-14-10(13)15-12(16-11)18-2/h9H,3-8H2,1-2H3,(H2,13,14,15,16). The summed E-state index contributed by atoms with van der Waals surface area (Å²) >= 11 is 0. The lowest BCUT2D eigenvalue weighted by molar-refractivity contribution is 0.379. The van der Waals surface area contributed by atoms with E-state index in [1.807, 2.05) is 0 Å². The largest absolute Gasteiger partial charge is 0.467 e. The third kappa shape index (κ3) is 3.00. The van der Waals surface area contributed by atoms with Crippen LogP contribution >= 0.6 is 0 Å². The molecule has 1 saturated heterocycles. The van der Waals surface area contributed by atoms with Crippen LogP contribution in [0.15, 0.2) is 0 Å². The van der Waals surface area contributed by atoms with E-state index < -0.39 is 0 Å². The average molecular weight is 251 g/mol. The third-order valence-corrected chi connectivity index (χ3v) is 3.51. The summed E-state index contributed by atoms with van der Waals surface area (Å²) in [7, 11) is 1.54. The van der Waals surface area contributed by atoms with E-state index in [-0.39, 0.29) is 12.0 Å². The van der Waals surface area contributed by atoms with Crippen molar-refractivity contribution in [3.8, 4) is 6.01 Å². The molecule has 1 aliphatic rings. The van der Waals surface area contributed by atoms with Crippen LogP contribution in [0.1, 0.15) is 32.6 Å². The lowest BCUT2D eigenvalue weighted by atomic mass is 9.98. The molecule has 2 rings (SSSR count). The molecule has 2 heterocycles. The maximum absolute atomic E-state index is 5.67. The summed E-state index contributed by atoms with van der Waals surface area (Å²) in [5.41, 5.74) is 5.67. The fourth-order valence-corrected chi connectivity index (χ4v) is 2.37. The van der Waals surface area contributed by atoms with Gasteiger partial charge in [-0.2, -0.15) is 15.0 Å². The van der Waals surface area contributed by atoms with Crippen molar-refractivity contribution >= 4 is 11.9 Å². The molecular formula is C12H21N5O. The predicted molar refractivity (Wildman–Crippen MR) is 70.6 cm³/mol. The van der Waals surface area contributed by atoms with Crippen molar-refractivity contribution in [2.24, 2.45) is 5.92 Å². The van der Waals surface area contributed by atoms with E-state index in [1.165, 1.54) is 32.8 Å². The van der Waals surface area contributed by atoms with E-state index in [1.54, 1.807) is 0 Å². The number of nitrogens with two attached hydrogens (primary N) is 1. The Morgan fingerprint density at radius 2 is 2.11 bits per heavy atom. The van der Waals surface area contributed by atoms with Gasteiger partial charge in [-0.25, -0.2) is 0 Å². The molecule has 2 N–H and O–H groups in total. The normalized spacial score (nSPS) is 20.6. The molecule has 100 valence electrons. The van der Waals surface area contributed by atoms with Gasteiger partial charge in [-0.15, -0.1) is 0 Å². The van der Waals surface area contributed by atoms with Gasteiger partial charge in [0, 0.05) is 13.1 Å². The zero-order chi connectivity index (χ0) is 13.0. The minimum Gasteiger partial charge on any atom is -0.467 e. The van der Waals surface area contributed by atoms with Crippen molar-refractivity contribution in [3.05, 3.63) is 0 Å². The highest BCUT2D eigenvalue weighted by Gasteiger charge is 2.18. The zero-order valence-electron chi connectivity index (χ0n) is 11.1. The third-order valence-electron chi connectivity index (χ3n) is 3.51. The van der Waals surface area contributed by atoms with Crippen LogP contribution < -0.4 is 15.4 Å². The summed E-state index contributed by atoms with van der Waals surface area (Å²) in [6.07, 6.45) is 4.89. The van der Waals surface area contributed by atoms with Crippen LogP contribution in [0.2, 0.25) is 0 Å². The highest BCUT2D eigenvalue weighted by Crippen LogP contribution is 2.23. The molecule has 0 aliphatic carbocycles. The van der Waals surface area contributed by atoms with Gasteiger partial charge in [-0.3, -0.25) is 0 Å². The smallest absolute Gasteiger partial charge is 0.322 e. The van der Waals surface area contributed by atoms with Crippen LogP contribution in [0, 0.1) is 5.92 Å². The highest BCUT2D eigenvalue weighted by molar-refractivity contribution is 5.36. The second kappa shape index (κ2) is 5.84. The first-order valence-corrected chi connectivity index (χ1v) is 6.53. The van der Waals surface area contributed by atoms with E-state index in [9.17, 15) is 0 Å². The van der Waals surface area contributed by atoms with Crippen LogP contribution in [0.4, 0.5) is 11.9 Å². The molecule has 18 heavy (non-hydrogen) atoms. The summed E-state index contributed by atoms with van der Waals surface area (Å²) < 4.78 is 5.03. The number of nitrogen functional groups attached to an aromatic ring is 1. The Morgan fingerprint density at radius 1 is 1.28 bits per heavy atom. The van der Waals surface area contributed by atoms with Crippen LogP contribution in [0.3, 0.4) is 0 Å². The number of hydrogen-bond donors (Lipinski definition) is 1. The Bertz CT molecular complexity index is 398. The van der Waals surface area contributed by atoms with Crippen molar-refractivity contribution in [3.63, 3.8) is 0 Å². The Kier molecular flexibility index (Phi) is 4.17. The van der Waals surface area contributed by atoms with Crippen LogP contribution in [0.25, 0.3) is 0 Å². The summed E-state index contributed by atoms with van der Waals surface area (Å²) in [6, 6.07) is 0.286. The number of methoxy groups -OCH3 is 1. The summed E-state index contributed by atoms with van der Waals surface area (Å²) in [6.45, 7) is 4.21. The molecule has 1 atom stereocenters. The van der Waals surface area contributed by atoms with Crippen molar-refractivity contribution in [2.45, 2.75) is 32.6 Å². The van der Waals surface area contributed by atoms with E-state index >= 15 is 0 Å². The van der Waals surface area contributed by atoms with Crippen LogP contribution in [0.5, 0.6) is 6.01 Å². The fraction of sp³-hybridized carbons (Fsp3) is 0.750. The molecule has 1 aromatic rings. The number of nitrogens with zero attached hydrogens (tertiary/aromatic N) is 4. The lowest BCUT2D eigenvalue weighted by Gasteiger charge is -2.20. The molecule has 0 bridgehead atoms. The summed E-state index contributed by atoms with van der Waals surface area (Å²) in [5.74, 6) is 1.67. The summed E-state index contributed by atoms with van der Waals surface area (Å²) in [5, 5.41) is 0. The minimum atomic E-state index is 0.216. The molecule has 0 amide bonds. The number of hydrogen-bond acceptors (Lipinski definition) is 6. The number of ether oxygens (including phenoxy) is 1. The fourth-order valence-electron chi connectivity index (χ4n) is 2.37. The molecule has 0 spiro atoms. The first-order chi connectivity index (χ1) is 8.72. The van der Waals surface area contributed by atoms with Crippen molar-refractivity contribution < 1.29 is 4.74 Å². The molecule has 0 aromatic carbocycles. The number of aromatic nitrogens is 3. The Hall–Kier alpha value is -1.59. The topological polar surface area (TPSA) is 77.2 Å². The minimum absolute atomic E-state index is 0.216. The van der Waals surface area contributed by atoms with Gasteiger partial charge in [-0.1, -0.05) is 13.3 Å². The lowest BCUT2D eigenvalue weighted by Crippen LogP contribution is -2.27. The number of anilines is 2. The molecule has 6 nitrogen and oxygen atoms in total. The van der Waals surface area contributed by atoms with Gasteiger partial charge < -0.3 is 15.4 Å². The summed E-state index contributed by atoms with van der Waals surface area (Å²) in [4.78, 5) is 14.6. The average Bonchev–Trinajstić information content (AvgIpc) is 2.63. The van der Waals surface area contributed by atoms with Crippen LogP contribution in [-0.2, 0) is 0 Å². The first-order valence-electron chi connectivity index (χ1n) is 6.53. The van der Waals surface area contributed by atoms with Gasteiger partial charge in [0.15, 0.2) is 0 Å². The van der Waals surface area contributed by atoms with Crippen LogP contribution in [-0.4, -0.2) is 35.2 Å². The quantitative estimate of drug-likeness (QED) is 0.876. The van der Waals surface area contributed by atoms with Gasteiger partial charge in [0.25, 0.3) is 0 Å². The molecule has 0 radical (unpaired) electrons. The molecular weight excluding hydrogens is 230 g/mol. The molecule has 1 aliphatic heterocycles. The SMILES string of the molecule is CCC1CCCN(c2nc(N)nc(OC)n2)CC1. The second-order valence-corrected chi connectivity index (χ2v) is 4.67.